The van der Waals surface area contributed by atoms with E-state index in [0.717, 1.165) is 37.3 Å². The monoisotopic (exact) mass is 367 g/mol. The summed E-state index contributed by atoms with van der Waals surface area (Å²) in [6, 6.07) is 13.5. The maximum Gasteiger partial charge on any atom is 0.339 e. The standard InChI is InChI=1S/C21H25N3O3/c1-2-27-21(26)18-8-9-19(22-15-18)24-12-10-17(11-13-24)20(25)23-14-16-6-4-3-5-7-16/h3-9,15,17H,2,10-14H2,1H3,(H,23,25). The van der Waals surface area contributed by atoms with Crippen molar-refractivity contribution in [3.63, 3.8) is 0 Å². The van der Waals surface area contributed by atoms with Crippen molar-refractivity contribution in [2.24, 2.45) is 5.92 Å². The molecule has 0 atom stereocenters. The first-order valence-corrected chi connectivity index (χ1v) is 9.37. The van der Waals surface area contributed by atoms with Crippen molar-refractivity contribution in [2.45, 2.75) is 26.3 Å². The molecule has 2 heterocycles. The Morgan fingerprint density at radius 3 is 2.52 bits per heavy atom. The molecule has 1 amide bonds. The van der Waals surface area contributed by atoms with Crippen LogP contribution in [0.25, 0.3) is 0 Å². The van der Waals surface area contributed by atoms with Crippen molar-refractivity contribution < 1.29 is 14.3 Å². The predicted molar refractivity (Wildman–Crippen MR) is 103 cm³/mol. The molecule has 1 aliphatic heterocycles. The summed E-state index contributed by atoms with van der Waals surface area (Å²) in [5.74, 6) is 0.615. The number of hydrogen-bond donors (Lipinski definition) is 1. The number of benzene rings is 1. The van der Waals surface area contributed by atoms with Gasteiger partial charge in [0.1, 0.15) is 5.82 Å². The maximum atomic E-state index is 12.4. The lowest BCUT2D eigenvalue weighted by Gasteiger charge is -2.32. The van der Waals surface area contributed by atoms with Crippen molar-refractivity contribution in [3.8, 4) is 0 Å². The van der Waals surface area contributed by atoms with Gasteiger partial charge in [0.15, 0.2) is 0 Å². The van der Waals surface area contributed by atoms with Gasteiger partial charge in [-0.3, -0.25) is 4.79 Å². The lowest BCUT2D eigenvalue weighted by Crippen LogP contribution is -2.40. The molecule has 1 aromatic carbocycles. The van der Waals surface area contributed by atoms with E-state index in [-0.39, 0.29) is 17.8 Å². The second-order valence-electron chi connectivity index (χ2n) is 6.59. The molecule has 1 N–H and O–H groups in total. The third-order valence-corrected chi connectivity index (χ3v) is 4.76. The van der Waals surface area contributed by atoms with Gasteiger partial charge in [-0.15, -0.1) is 0 Å². The van der Waals surface area contributed by atoms with Crippen LogP contribution in [0.15, 0.2) is 48.7 Å². The number of carbonyl (C=O) groups excluding carboxylic acids is 2. The summed E-state index contributed by atoms with van der Waals surface area (Å²) in [5, 5.41) is 3.03. The molecule has 142 valence electrons. The number of amides is 1. The van der Waals surface area contributed by atoms with Crippen LogP contribution in [0.2, 0.25) is 0 Å². The number of aromatic nitrogens is 1. The molecule has 6 heteroatoms. The van der Waals surface area contributed by atoms with Crippen LogP contribution >= 0.6 is 0 Å². The molecule has 1 aliphatic rings. The van der Waals surface area contributed by atoms with E-state index in [0.29, 0.717) is 18.7 Å². The Labute approximate surface area is 159 Å². The molecule has 3 rings (SSSR count). The van der Waals surface area contributed by atoms with Gasteiger partial charge in [-0.25, -0.2) is 9.78 Å². The highest BCUT2D eigenvalue weighted by atomic mass is 16.5. The Balaban J connectivity index is 1.48. The number of piperidine rings is 1. The first kappa shape index (κ1) is 18.9. The fourth-order valence-corrected chi connectivity index (χ4v) is 3.21. The zero-order chi connectivity index (χ0) is 19.1. The van der Waals surface area contributed by atoms with E-state index in [1.807, 2.05) is 36.4 Å². The number of nitrogens with one attached hydrogen (secondary N) is 1. The average molecular weight is 367 g/mol. The summed E-state index contributed by atoms with van der Waals surface area (Å²) in [6.45, 7) is 4.24. The van der Waals surface area contributed by atoms with Crippen LogP contribution in [0.3, 0.4) is 0 Å². The van der Waals surface area contributed by atoms with Crippen molar-refractivity contribution in [3.05, 3.63) is 59.8 Å². The predicted octanol–water partition coefficient (Wildman–Crippen LogP) is 2.79. The molecule has 0 saturated carbocycles. The van der Waals surface area contributed by atoms with E-state index >= 15 is 0 Å². The minimum absolute atomic E-state index is 0.0313. The molecule has 27 heavy (non-hydrogen) atoms. The number of anilines is 1. The Hall–Kier alpha value is -2.89. The molecule has 0 aliphatic carbocycles. The molecule has 0 radical (unpaired) electrons. The quantitative estimate of drug-likeness (QED) is 0.795. The zero-order valence-electron chi connectivity index (χ0n) is 15.6. The number of pyridine rings is 1. The van der Waals surface area contributed by atoms with E-state index in [2.05, 4.69) is 15.2 Å². The summed E-state index contributed by atoms with van der Waals surface area (Å²) in [6.07, 6.45) is 3.13. The Bertz CT molecular complexity index is 754. The Morgan fingerprint density at radius 2 is 1.89 bits per heavy atom. The van der Waals surface area contributed by atoms with E-state index in [1.165, 1.54) is 0 Å². The van der Waals surface area contributed by atoms with Crippen LogP contribution < -0.4 is 10.2 Å². The number of rotatable bonds is 6. The topological polar surface area (TPSA) is 71.5 Å². The maximum absolute atomic E-state index is 12.4. The molecule has 1 aromatic heterocycles. The van der Waals surface area contributed by atoms with Crippen LogP contribution in [0.4, 0.5) is 5.82 Å². The van der Waals surface area contributed by atoms with Crippen molar-refractivity contribution in [2.75, 3.05) is 24.6 Å². The first-order chi connectivity index (χ1) is 13.2. The van der Waals surface area contributed by atoms with Gasteiger partial charge in [0, 0.05) is 31.7 Å². The first-order valence-electron chi connectivity index (χ1n) is 9.37. The van der Waals surface area contributed by atoms with E-state index < -0.39 is 0 Å². The Kier molecular flexibility index (Phi) is 6.41. The van der Waals surface area contributed by atoms with Gasteiger partial charge in [-0.2, -0.15) is 0 Å². The minimum atomic E-state index is -0.356. The lowest BCUT2D eigenvalue weighted by molar-refractivity contribution is -0.125. The molecular formula is C21H25N3O3. The van der Waals surface area contributed by atoms with Crippen LogP contribution in [0.5, 0.6) is 0 Å². The smallest absolute Gasteiger partial charge is 0.339 e. The summed E-state index contributed by atoms with van der Waals surface area (Å²) in [5.41, 5.74) is 1.56. The number of nitrogens with zero attached hydrogens (tertiary/aromatic N) is 2. The van der Waals surface area contributed by atoms with Crippen LogP contribution in [-0.2, 0) is 16.1 Å². The molecule has 0 bridgehead atoms. The highest BCUT2D eigenvalue weighted by molar-refractivity contribution is 5.89. The van der Waals surface area contributed by atoms with Crippen molar-refractivity contribution >= 4 is 17.7 Å². The molecule has 0 spiro atoms. The highest BCUT2D eigenvalue weighted by Crippen LogP contribution is 2.22. The van der Waals surface area contributed by atoms with Gasteiger partial charge in [0.05, 0.1) is 12.2 Å². The average Bonchev–Trinajstić information content (AvgIpc) is 2.73. The van der Waals surface area contributed by atoms with Crippen molar-refractivity contribution in [1.82, 2.24) is 10.3 Å². The van der Waals surface area contributed by atoms with E-state index in [4.69, 9.17) is 4.74 Å². The van der Waals surface area contributed by atoms with E-state index in [1.54, 1.807) is 19.2 Å². The van der Waals surface area contributed by atoms with Gasteiger partial charge < -0.3 is 15.0 Å². The Morgan fingerprint density at radius 1 is 1.15 bits per heavy atom. The molecule has 1 fully saturated rings. The van der Waals surface area contributed by atoms with Gasteiger partial charge >= 0.3 is 5.97 Å². The molecule has 6 nitrogen and oxygen atoms in total. The number of hydrogen-bond acceptors (Lipinski definition) is 5. The van der Waals surface area contributed by atoms with Gasteiger partial charge in [0.25, 0.3) is 0 Å². The zero-order valence-corrected chi connectivity index (χ0v) is 15.6. The highest BCUT2D eigenvalue weighted by Gasteiger charge is 2.25. The molecule has 2 aromatic rings. The second kappa shape index (κ2) is 9.16. The molecule has 1 saturated heterocycles. The van der Waals surface area contributed by atoms with Crippen molar-refractivity contribution in [1.29, 1.82) is 0 Å². The molecular weight excluding hydrogens is 342 g/mol. The summed E-state index contributed by atoms with van der Waals surface area (Å²) >= 11 is 0. The number of esters is 1. The number of ether oxygens (including phenoxy) is 1. The van der Waals surface area contributed by atoms with Crippen LogP contribution in [0.1, 0.15) is 35.7 Å². The fraction of sp³-hybridized carbons (Fsp3) is 0.381. The minimum Gasteiger partial charge on any atom is -0.462 e. The normalized spacial score (nSPS) is 14.6. The van der Waals surface area contributed by atoms with Gasteiger partial charge in [0.2, 0.25) is 5.91 Å². The lowest BCUT2D eigenvalue weighted by atomic mass is 9.95. The number of carbonyl (C=O) groups is 2. The summed E-state index contributed by atoms with van der Waals surface area (Å²) in [4.78, 5) is 30.6. The third kappa shape index (κ3) is 5.06. The molecule has 0 unspecified atom stereocenters. The SMILES string of the molecule is CCOC(=O)c1ccc(N2CCC(C(=O)NCc3ccccc3)CC2)nc1. The third-order valence-electron chi connectivity index (χ3n) is 4.76. The van der Waals surface area contributed by atoms with Crippen LogP contribution in [0, 0.1) is 5.92 Å². The van der Waals surface area contributed by atoms with Crippen LogP contribution in [-0.4, -0.2) is 36.6 Å². The summed E-state index contributed by atoms with van der Waals surface area (Å²) in [7, 11) is 0. The largest absolute Gasteiger partial charge is 0.462 e. The second-order valence-corrected chi connectivity index (χ2v) is 6.59. The van der Waals surface area contributed by atoms with Gasteiger partial charge in [-0.1, -0.05) is 30.3 Å². The summed E-state index contributed by atoms with van der Waals surface area (Å²) < 4.78 is 4.97. The van der Waals surface area contributed by atoms with E-state index in [9.17, 15) is 9.59 Å². The fourth-order valence-electron chi connectivity index (χ4n) is 3.21. The van der Waals surface area contributed by atoms with Gasteiger partial charge in [-0.05, 0) is 37.5 Å².